The number of nitrogens with one attached hydrogen (secondary N) is 2. The van der Waals surface area contributed by atoms with Crippen LogP contribution in [0.15, 0.2) is 60.8 Å². The zero-order chi connectivity index (χ0) is 17.6. The van der Waals surface area contributed by atoms with E-state index in [0.717, 1.165) is 22.4 Å². The topological polar surface area (TPSA) is 83.8 Å². The number of carbonyl (C=O) groups excluding carboxylic acids is 1. The highest BCUT2D eigenvalue weighted by atomic mass is 19.1. The summed E-state index contributed by atoms with van der Waals surface area (Å²) in [4.78, 5) is 11.8. The Kier molecular flexibility index (Phi) is 5.20. The standard InChI is InChI=1S/C19H19FN4O/c20-16-8-6-14(7-9-16)18-15(12-23-24-18)11-22-17(19(21)25)10-13-4-2-1-3-5-13/h1-9,12,17,22H,10-11H2,(H2,21,25)(H,23,24)/t17-/m0/s1. The van der Waals surface area contributed by atoms with Crippen molar-refractivity contribution in [1.29, 1.82) is 0 Å². The smallest absolute Gasteiger partial charge is 0.234 e. The third-order valence-electron chi connectivity index (χ3n) is 4.02. The van der Waals surface area contributed by atoms with Gasteiger partial charge in [0.25, 0.3) is 0 Å². The van der Waals surface area contributed by atoms with Crippen molar-refractivity contribution >= 4 is 5.91 Å². The number of nitrogens with two attached hydrogens (primary N) is 1. The lowest BCUT2D eigenvalue weighted by molar-refractivity contribution is -0.120. The molecule has 0 radical (unpaired) electrons. The van der Waals surface area contributed by atoms with Crippen molar-refractivity contribution in [2.45, 2.75) is 19.0 Å². The molecule has 2 aromatic carbocycles. The Morgan fingerprint density at radius 1 is 1.16 bits per heavy atom. The lowest BCUT2D eigenvalue weighted by Gasteiger charge is -2.15. The molecule has 5 nitrogen and oxygen atoms in total. The summed E-state index contributed by atoms with van der Waals surface area (Å²) < 4.78 is 13.1. The van der Waals surface area contributed by atoms with Crippen LogP contribution < -0.4 is 11.1 Å². The molecule has 1 aromatic heterocycles. The molecular weight excluding hydrogens is 319 g/mol. The predicted molar refractivity (Wildman–Crippen MR) is 93.9 cm³/mol. The average Bonchev–Trinajstić information content (AvgIpc) is 3.08. The van der Waals surface area contributed by atoms with Gasteiger partial charge in [0.15, 0.2) is 0 Å². The molecule has 1 heterocycles. The number of hydrogen-bond acceptors (Lipinski definition) is 3. The first kappa shape index (κ1) is 16.9. The number of aromatic amines is 1. The van der Waals surface area contributed by atoms with Gasteiger partial charge in [0, 0.05) is 17.7 Å². The van der Waals surface area contributed by atoms with Crippen LogP contribution in [-0.4, -0.2) is 22.1 Å². The molecule has 3 aromatic rings. The van der Waals surface area contributed by atoms with E-state index in [1.807, 2.05) is 30.3 Å². The normalized spacial score (nSPS) is 12.0. The van der Waals surface area contributed by atoms with E-state index in [-0.39, 0.29) is 5.82 Å². The minimum absolute atomic E-state index is 0.292. The number of hydrogen-bond donors (Lipinski definition) is 3. The highest BCUT2D eigenvalue weighted by Crippen LogP contribution is 2.21. The zero-order valence-corrected chi connectivity index (χ0v) is 13.6. The van der Waals surface area contributed by atoms with E-state index in [1.54, 1.807) is 18.3 Å². The van der Waals surface area contributed by atoms with Crippen LogP contribution in [0, 0.1) is 5.82 Å². The molecule has 0 aliphatic rings. The van der Waals surface area contributed by atoms with Crippen LogP contribution in [0.3, 0.4) is 0 Å². The van der Waals surface area contributed by atoms with Gasteiger partial charge in [-0.1, -0.05) is 30.3 Å². The molecular formula is C19H19FN4O. The number of halogens is 1. The average molecular weight is 338 g/mol. The molecule has 0 fully saturated rings. The van der Waals surface area contributed by atoms with E-state index >= 15 is 0 Å². The lowest BCUT2D eigenvalue weighted by atomic mass is 10.0. The van der Waals surface area contributed by atoms with Gasteiger partial charge in [-0.2, -0.15) is 5.10 Å². The molecule has 0 aliphatic carbocycles. The summed E-state index contributed by atoms with van der Waals surface area (Å²) in [6.45, 7) is 0.420. The highest BCUT2D eigenvalue weighted by molar-refractivity contribution is 5.80. The summed E-state index contributed by atoms with van der Waals surface area (Å²) in [5, 5.41) is 10.2. The maximum Gasteiger partial charge on any atom is 0.234 e. The number of aromatic nitrogens is 2. The van der Waals surface area contributed by atoms with E-state index in [2.05, 4.69) is 15.5 Å². The number of H-pyrrole nitrogens is 1. The molecule has 25 heavy (non-hydrogen) atoms. The SMILES string of the molecule is NC(=O)[C@H](Cc1ccccc1)NCc1cn[nH]c1-c1ccc(F)cc1. The summed E-state index contributed by atoms with van der Waals surface area (Å²) in [5.74, 6) is -0.699. The fourth-order valence-electron chi connectivity index (χ4n) is 2.67. The van der Waals surface area contributed by atoms with Crippen molar-refractivity contribution in [2.75, 3.05) is 0 Å². The molecule has 0 bridgehead atoms. The van der Waals surface area contributed by atoms with Gasteiger partial charge in [0.2, 0.25) is 5.91 Å². The van der Waals surface area contributed by atoms with Gasteiger partial charge in [-0.05, 0) is 36.2 Å². The van der Waals surface area contributed by atoms with Crippen LogP contribution in [-0.2, 0) is 17.8 Å². The maximum atomic E-state index is 13.1. The maximum absolute atomic E-state index is 13.1. The van der Waals surface area contributed by atoms with Gasteiger partial charge < -0.3 is 11.1 Å². The number of rotatable bonds is 7. The molecule has 0 spiro atoms. The Labute approximate surface area is 145 Å². The summed E-state index contributed by atoms with van der Waals surface area (Å²) in [6, 6.07) is 15.4. The third kappa shape index (κ3) is 4.30. The van der Waals surface area contributed by atoms with Crippen LogP contribution in [0.25, 0.3) is 11.3 Å². The van der Waals surface area contributed by atoms with Crippen LogP contribution >= 0.6 is 0 Å². The van der Waals surface area contributed by atoms with Crippen molar-refractivity contribution in [1.82, 2.24) is 15.5 Å². The van der Waals surface area contributed by atoms with Gasteiger partial charge in [-0.15, -0.1) is 0 Å². The molecule has 6 heteroatoms. The Balaban J connectivity index is 1.71. The second-order valence-corrected chi connectivity index (χ2v) is 5.80. The number of nitrogens with zero attached hydrogens (tertiary/aromatic N) is 1. The summed E-state index contributed by atoms with van der Waals surface area (Å²) >= 11 is 0. The first-order chi connectivity index (χ1) is 12.1. The van der Waals surface area contributed by atoms with E-state index < -0.39 is 11.9 Å². The molecule has 0 unspecified atom stereocenters. The molecule has 3 rings (SSSR count). The largest absolute Gasteiger partial charge is 0.368 e. The van der Waals surface area contributed by atoms with E-state index in [1.165, 1.54) is 12.1 Å². The van der Waals surface area contributed by atoms with Crippen LogP contribution in [0.1, 0.15) is 11.1 Å². The van der Waals surface area contributed by atoms with Gasteiger partial charge in [-0.3, -0.25) is 9.89 Å². The molecule has 1 amide bonds. The number of benzene rings is 2. The van der Waals surface area contributed by atoms with Crippen LogP contribution in [0.2, 0.25) is 0 Å². The molecule has 128 valence electrons. The first-order valence-electron chi connectivity index (χ1n) is 7.98. The Morgan fingerprint density at radius 2 is 1.88 bits per heavy atom. The summed E-state index contributed by atoms with van der Waals surface area (Å²) in [5.41, 5.74) is 9.05. The fraction of sp³-hybridized carbons (Fsp3) is 0.158. The summed E-state index contributed by atoms with van der Waals surface area (Å²) in [7, 11) is 0. The minimum atomic E-state index is -0.488. The predicted octanol–water partition coefficient (Wildman–Crippen LogP) is 2.40. The van der Waals surface area contributed by atoms with Gasteiger partial charge in [0.05, 0.1) is 17.9 Å². The van der Waals surface area contributed by atoms with E-state index in [0.29, 0.717) is 13.0 Å². The number of amides is 1. The van der Waals surface area contributed by atoms with Gasteiger partial charge in [0.1, 0.15) is 5.82 Å². The zero-order valence-electron chi connectivity index (χ0n) is 13.6. The number of carbonyl (C=O) groups is 1. The monoisotopic (exact) mass is 338 g/mol. The van der Waals surface area contributed by atoms with Crippen molar-refractivity contribution in [3.63, 3.8) is 0 Å². The fourth-order valence-corrected chi connectivity index (χ4v) is 2.67. The van der Waals surface area contributed by atoms with Gasteiger partial charge in [-0.25, -0.2) is 4.39 Å². The molecule has 0 saturated carbocycles. The van der Waals surface area contributed by atoms with Crippen LogP contribution in [0.4, 0.5) is 4.39 Å². The Bertz CT molecular complexity index is 830. The van der Waals surface area contributed by atoms with Crippen molar-refractivity contribution in [3.05, 3.63) is 77.7 Å². The Morgan fingerprint density at radius 3 is 2.56 bits per heavy atom. The van der Waals surface area contributed by atoms with E-state index in [4.69, 9.17) is 5.73 Å². The molecule has 1 atom stereocenters. The van der Waals surface area contributed by atoms with Crippen LogP contribution in [0.5, 0.6) is 0 Å². The second kappa shape index (κ2) is 7.72. The highest BCUT2D eigenvalue weighted by Gasteiger charge is 2.17. The quantitative estimate of drug-likeness (QED) is 0.618. The van der Waals surface area contributed by atoms with Crippen molar-refractivity contribution in [3.8, 4) is 11.3 Å². The molecule has 0 aliphatic heterocycles. The van der Waals surface area contributed by atoms with E-state index in [9.17, 15) is 9.18 Å². The minimum Gasteiger partial charge on any atom is -0.368 e. The number of primary amides is 1. The van der Waals surface area contributed by atoms with Crippen molar-refractivity contribution in [2.24, 2.45) is 5.73 Å². The second-order valence-electron chi connectivity index (χ2n) is 5.80. The van der Waals surface area contributed by atoms with Gasteiger partial charge >= 0.3 is 0 Å². The molecule has 4 N–H and O–H groups in total. The molecule has 0 saturated heterocycles. The first-order valence-corrected chi connectivity index (χ1v) is 7.98. The summed E-state index contributed by atoms with van der Waals surface area (Å²) in [6.07, 6.45) is 2.20. The third-order valence-corrected chi connectivity index (χ3v) is 4.02. The van der Waals surface area contributed by atoms with Crippen molar-refractivity contribution < 1.29 is 9.18 Å². The lowest BCUT2D eigenvalue weighted by Crippen LogP contribution is -2.42. The Hall–Kier alpha value is -2.99.